The zero-order chi connectivity index (χ0) is 13.7. The molecule has 0 atom stereocenters. The van der Waals surface area contributed by atoms with Gasteiger partial charge in [0.1, 0.15) is 12.4 Å². The van der Waals surface area contributed by atoms with Crippen LogP contribution in [0.4, 0.5) is 5.69 Å². The number of sulfonamides is 1. The number of nitrogens with one attached hydrogen (secondary N) is 1. The Morgan fingerprint density at radius 3 is 2.74 bits per heavy atom. The lowest BCUT2D eigenvalue weighted by Crippen LogP contribution is -2.35. The van der Waals surface area contributed by atoms with Crippen LogP contribution in [0.1, 0.15) is 25.7 Å². The van der Waals surface area contributed by atoms with Gasteiger partial charge in [-0.25, -0.2) is 13.1 Å². The van der Waals surface area contributed by atoms with Crippen LogP contribution >= 0.6 is 0 Å². The summed E-state index contributed by atoms with van der Waals surface area (Å²) in [7, 11) is -3.18. The fraction of sp³-hybridized carbons (Fsp3) is 0.538. The molecule has 1 fully saturated rings. The zero-order valence-electron chi connectivity index (χ0n) is 10.8. The summed E-state index contributed by atoms with van der Waals surface area (Å²) < 4.78 is 31.9. The third-order valence-electron chi connectivity index (χ3n) is 3.27. The Balaban J connectivity index is 1.74. The quantitative estimate of drug-likeness (QED) is 0.613. The van der Waals surface area contributed by atoms with Crippen LogP contribution in [-0.4, -0.2) is 26.8 Å². The average Bonchev–Trinajstić information content (AvgIpc) is 2.89. The number of nitrogen functional groups attached to an aromatic ring is 1. The Morgan fingerprint density at radius 1 is 1.32 bits per heavy atom. The third kappa shape index (κ3) is 4.11. The van der Waals surface area contributed by atoms with E-state index in [1.165, 1.54) is 0 Å². The van der Waals surface area contributed by atoms with E-state index in [4.69, 9.17) is 10.5 Å². The van der Waals surface area contributed by atoms with Gasteiger partial charge < -0.3 is 10.5 Å². The fourth-order valence-electron chi connectivity index (χ4n) is 2.27. The average molecular weight is 284 g/mol. The number of benzene rings is 1. The van der Waals surface area contributed by atoms with Crippen LogP contribution in [0.15, 0.2) is 24.3 Å². The second-order valence-electron chi connectivity index (χ2n) is 4.77. The van der Waals surface area contributed by atoms with Gasteiger partial charge in [-0.05, 0) is 25.0 Å². The Bertz CT molecular complexity index is 510. The molecule has 0 heterocycles. The lowest BCUT2D eigenvalue weighted by atomic mass is 10.3. The van der Waals surface area contributed by atoms with Gasteiger partial charge in [-0.2, -0.15) is 0 Å². The first kappa shape index (κ1) is 14.1. The predicted molar refractivity (Wildman–Crippen MR) is 75.5 cm³/mol. The van der Waals surface area contributed by atoms with Gasteiger partial charge in [0, 0.05) is 18.3 Å². The van der Waals surface area contributed by atoms with E-state index in [-0.39, 0.29) is 11.8 Å². The lowest BCUT2D eigenvalue weighted by molar-refractivity contribution is 0.323. The zero-order valence-corrected chi connectivity index (χ0v) is 11.7. The first-order valence-corrected chi connectivity index (χ1v) is 8.09. The molecule has 5 nitrogen and oxygen atoms in total. The normalized spacial score (nSPS) is 16.6. The monoisotopic (exact) mass is 284 g/mol. The molecule has 1 saturated carbocycles. The van der Waals surface area contributed by atoms with Crippen molar-refractivity contribution in [2.45, 2.75) is 30.9 Å². The standard InChI is InChI=1S/C13H20N2O3S/c14-11-4-3-5-12(10-11)18-9-8-15-19(16,17)13-6-1-2-7-13/h3-5,10,13,15H,1-2,6-9,14H2. The molecular formula is C13H20N2O3S. The largest absolute Gasteiger partial charge is 0.492 e. The van der Waals surface area contributed by atoms with Crippen molar-refractivity contribution in [2.24, 2.45) is 0 Å². The van der Waals surface area contributed by atoms with E-state index in [0.29, 0.717) is 18.0 Å². The summed E-state index contributed by atoms with van der Waals surface area (Å²) in [6.45, 7) is 0.586. The highest BCUT2D eigenvalue weighted by molar-refractivity contribution is 7.90. The molecule has 1 aliphatic carbocycles. The molecule has 0 saturated heterocycles. The molecule has 0 aliphatic heterocycles. The van der Waals surface area contributed by atoms with Gasteiger partial charge in [-0.3, -0.25) is 0 Å². The molecule has 106 valence electrons. The van der Waals surface area contributed by atoms with Crippen molar-refractivity contribution in [3.8, 4) is 5.75 Å². The van der Waals surface area contributed by atoms with Crippen LogP contribution in [-0.2, 0) is 10.0 Å². The molecule has 0 amide bonds. The molecule has 6 heteroatoms. The lowest BCUT2D eigenvalue weighted by Gasteiger charge is -2.12. The molecule has 3 N–H and O–H groups in total. The van der Waals surface area contributed by atoms with Gasteiger partial charge in [0.25, 0.3) is 0 Å². The Hall–Kier alpha value is -1.27. The maximum Gasteiger partial charge on any atom is 0.214 e. The summed E-state index contributed by atoms with van der Waals surface area (Å²) >= 11 is 0. The molecule has 2 rings (SSSR count). The number of nitrogens with two attached hydrogens (primary N) is 1. The van der Waals surface area contributed by atoms with Crippen LogP contribution in [0.25, 0.3) is 0 Å². The highest BCUT2D eigenvalue weighted by Crippen LogP contribution is 2.23. The van der Waals surface area contributed by atoms with Gasteiger partial charge in [-0.1, -0.05) is 18.9 Å². The summed E-state index contributed by atoms with van der Waals surface area (Å²) in [5.41, 5.74) is 6.25. The number of hydrogen-bond acceptors (Lipinski definition) is 4. The molecule has 0 spiro atoms. The van der Waals surface area contributed by atoms with Crippen molar-refractivity contribution in [2.75, 3.05) is 18.9 Å². The number of anilines is 1. The van der Waals surface area contributed by atoms with Crippen LogP contribution in [0.5, 0.6) is 5.75 Å². The van der Waals surface area contributed by atoms with Crippen molar-refractivity contribution < 1.29 is 13.2 Å². The van der Waals surface area contributed by atoms with E-state index < -0.39 is 10.0 Å². The van der Waals surface area contributed by atoms with E-state index >= 15 is 0 Å². The molecule has 19 heavy (non-hydrogen) atoms. The predicted octanol–water partition coefficient (Wildman–Crippen LogP) is 1.51. The number of hydrogen-bond donors (Lipinski definition) is 2. The van der Waals surface area contributed by atoms with E-state index in [0.717, 1.165) is 25.7 Å². The molecule has 0 unspecified atom stereocenters. The van der Waals surface area contributed by atoms with Gasteiger partial charge in [-0.15, -0.1) is 0 Å². The highest BCUT2D eigenvalue weighted by Gasteiger charge is 2.27. The smallest absolute Gasteiger partial charge is 0.214 e. The van der Waals surface area contributed by atoms with Crippen molar-refractivity contribution in [3.05, 3.63) is 24.3 Å². The summed E-state index contributed by atoms with van der Waals surface area (Å²) in [4.78, 5) is 0. The Morgan fingerprint density at radius 2 is 2.05 bits per heavy atom. The topological polar surface area (TPSA) is 81.4 Å². The van der Waals surface area contributed by atoms with Crippen molar-refractivity contribution in [1.82, 2.24) is 4.72 Å². The van der Waals surface area contributed by atoms with Crippen molar-refractivity contribution in [3.63, 3.8) is 0 Å². The highest BCUT2D eigenvalue weighted by atomic mass is 32.2. The number of rotatable bonds is 6. The molecular weight excluding hydrogens is 264 g/mol. The first-order chi connectivity index (χ1) is 9.08. The summed E-state index contributed by atoms with van der Waals surface area (Å²) in [6, 6.07) is 7.08. The SMILES string of the molecule is Nc1cccc(OCCNS(=O)(=O)C2CCCC2)c1. The second-order valence-corrected chi connectivity index (χ2v) is 6.81. The van der Waals surface area contributed by atoms with Gasteiger partial charge in [0.15, 0.2) is 0 Å². The maximum atomic E-state index is 11.9. The Kier molecular flexibility index (Phi) is 4.66. The minimum Gasteiger partial charge on any atom is -0.492 e. The van der Waals surface area contributed by atoms with Gasteiger partial charge >= 0.3 is 0 Å². The van der Waals surface area contributed by atoms with Gasteiger partial charge in [0.2, 0.25) is 10.0 Å². The van der Waals surface area contributed by atoms with Crippen LogP contribution in [0, 0.1) is 0 Å². The van der Waals surface area contributed by atoms with E-state index in [1.807, 2.05) is 0 Å². The molecule has 1 aliphatic rings. The minimum absolute atomic E-state index is 0.222. The summed E-state index contributed by atoms with van der Waals surface area (Å²) in [5.74, 6) is 0.653. The number of ether oxygens (including phenoxy) is 1. The van der Waals surface area contributed by atoms with Crippen molar-refractivity contribution in [1.29, 1.82) is 0 Å². The van der Waals surface area contributed by atoms with Crippen LogP contribution in [0.2, 0.25) is 0 Å². The molecule has 0 bridgehead atoms. The second kappa shape index (κ2) is 6.25. The van der Waals surface area contributed by atoms with E-state index in [2.05, 4.69) is 4.72 Å². The van der Waals surface area contributed by atoms with Crippen molar-refractivity contribution >= 4 is 15.7 Å². The fourth-order valence-corrected chi connectivity index (χ4v) is 3.83. The third-order valence-corrected chi connectivity index (χ3v) is 5.23. The Labute approximate surface area is 114 Å². The van der Waals surface area contributed by atoms with E-state index in [1.54, 1.807) is 24.3 Å². The molecule has 1 aromatic rings. The first-order valence-electron chi connectivity index (χ1n) is 6.55. The molecule has 0 aromatic heterocycles. The van der Waals surface area contributed by atoms with E-state index in [9.17, 15) is 8.42 Å². The molecule has 0 radical (unpaired) electrons. The van der Waals surface area contributed by atoms with Gasteiger partial charge in [0.05, 0.1) is 5.25 Å². The van der Waals surface area contributed by atoms with Crippen LogP contribution in [0.3, 0.4) is 0 Å². The molecule has 1 aromatic carbocycles. The summed E-state index contributed by atoms with van der Waals surface area (Å²) in [5, 5.41) is -0.222. The summed E-state index contributed by atoms with van der Waals surface area (Å²) in [6.07, 6.45) is 3.55. The van der Waals surface area contributed by atoms with Crippen LogP contribution < -0.4 is 15.2 Å². The maximum absolute atomic E-state index is 11.9. The minimum atomic E-state index is -3.18.